The van der Waals surface area contributed by atoms with Gasteiger partial charge in [-0.3, -0.25) is 0 Å². The van der Waals surface area contributed by atoms with Crippen molar-refractivity contribution in [1.29, 1.82) is 0 Å². The number of hydrogen-bond acceptors (Lipinski definition) is 4. The van der Waals surface area contributed by atoms with Crippen LogP contribution in [-0.4, -0.2) is 16.0 Å². The lowest BCUT2D eigenvalue weighted by molar-refractivity contribution is 1.06. The summed E-state index contributed by atoms with van der Waals surface area (Å²) >= 11 is 7.44. The Morgan fingerprint density at radius 2 is 2.19 bits per heavy atom. The number of halogens is 1. The van der Waals surface area contributed by atoms with Crippen LogP contribution in [0.3, 0.4) is 0 Å². The molecule has 3 nitrogen and oxygen atoms in total. The second-order valence-electron chi connectivity index (χ2n) is 3.79. The maximum Gasteiger partial charge on any atom is 0.223 e. The lowest BCUT2D eigenvalue weighted by Crippen LogP contribution is -2.05. The molecule has 5 heteroatoms. The summed E-state index contributed by atoms with van der Waals surface area (Å²) in [5, 5.41) is 3.28. The van der Waals surface area contributed by atoms with Crippen LogP contribution in [0.5, 0.6) is 0 Å². The summed E-state index contributed by atoms with van der Waals surface area (Å²) in [4.78, 5) is 9.74. The average molecular weight is 252 g/mol. The fraction of sp³-hybridized carbons (Fsp3) is 0.273. The number of nitrogens with one attached hydrogen (secondary N) is 1. The molecule has 0 aliphatic heterocycles. The highest BCUT2D eigenvalue weighted by atomic mass is 35.5. The van der Waals surface area contributed by atoms with Crippen LogP contribution in [-0.2, 0) is 0 Å². The molecule has 2 aromatic rings. The van der Waals surface area contributed by atoms with Gasteiger partial charge in [-0.15, -0.1) is 11.3 Å². The van der Waals surface area contributed by atoms with Crippen molar-refractivity contribution in [2.24, 2.45) is 0 Å². The van der Waals surface area contributed by atoms with Gasteiger partial charge in [0, 0.05) is 12.2 Å². The molecule has 0 radical (unpaired) electrons. The van der Waals surface area contributed by atoms with Gasteiger partial charge in [0.2, 0.25) is 5.95 Å². The first-order valence-corrected chi connectivity index (χ1v) is 6.36. The Morgan fingerprint density at radius 1 is 1.31 bits per heavy atom. The van der Waals surface area contributed by atoms with Crippen LogP contribution in [0.1, 0.15) is 12.8 Å². The van der Waals surface area contributed by atoms with Gasteiger partial charge in [-0.25, -0.2) is 9.97 Å². The van der Waals surface area contributed by atoms with E-state index >= 15 is 0 Å². The average Bonchev–Trinajstić information content (AvgIpc) is 2.98. The van der Waals surface area contributed by atoms with E-state index in [-0.39, 0.29) is 0 Å². The molecule has 0 spiro atoms. The highest BCUT2D eigenvalue weighted by Crippen LogP contribution is 2.30. The molecule has 0 bridgehead atoms. The standard InChI is InChI=1S/C11H10ClN3S/c12-10-4-3-9(16-10)8-5-6-13-11(15-8)14-7-1-2-7/h3-7H,1-2H2,(H,13,14,15). The second kappa shape index (κ2) is 4.03. The molecule has 0 unspecified atom stereocenters. The molecule has 82 valence electrons. The molecule has 0 atom stereocenters. The molecule has 0 aromatic carbocycles. The van der Waals surface area contributed by atoms with Crippen molar-refractivity contribution in [3.8, 4) is 10.6 Å². The molecule has 2 heterocycles. The topological polar surface area (TPSA) is 37.8 Å². The summed E-state index contributed by atoms with van der Waals surface area (Å²) in [6, 6.07) is 6.34. The summed E-state index contributed by atoms with van der Waals surface area (Å²) < 4.78 is 0.783. The van der Waals surface area contributed by atoms with Gasteiger partial charge < -0.3 is 5.32 Å². The first-order valence-electron chi connectivity index (χ1n) is 5.16. The molecule has 2 aromatic heterocycles. The smallest absolute Gasteiger partial charge is 0.223 e. The molecule has 0 saturated heterocycles. The van der Waals surface area contributed by atoms with E-state index in [2.05, 4.69) is 15.3 Å². The SMILES string of the molecule is Clc1ccc(-c2ccnc(NC3CC3)n2)s1. The number of aromatic nitrogens is 2. The molecular weight excluding hydrogens is 242 g/mol. The highest BCUT2D eigenvalue weighted by molar-refractivity contribution is 7.19. The third-order valence-corrected chi connectivity index (χ3v) is 3.65. The number of nitrogens with zero attached hydrogens (tertiary/aromatic N) is 2. The van der Waals surface area contributed by atoms with E-state index in [0.29, 0.717) is 12.0 Å². The maximum absolute atomic E-state index is 5.90. The zero-order valence-corrected chi connectivity index (χ0v) is 10.1. The zero-order chi connectivity index (χ0) is 11.0. The Kier molecular flexibility index (Phi) is 2.53. The predicted octanol–water partition coefficient (Wildman–Crippen LogP) is 3.43. The van der Waals surface area contributed by atoms with Crippen LogP contribution in [0.4, 0.5) is 5.95 Å². The summed E-state index contributed by atoms with van der Waals surface area (Å²) in [5.74, 6) is 0.713. The van der Waals surface area contributed by atoms with E-state index in [1.165, 1.54) is 24.2 Å². The van der Waals surface area contributed by atoms with E-state index in [4.69, 9.17) is 11.6 Å². The third kappa shape index (κ3) is 2.18. The zero-order valence-electron chi connectivity index (χ0n) is 8.48. The van der Waals surface area contributed by atoms with Crippen molar-refractivity contribution in [2.75, 3.05) is 5.32 Å². The van der Waals surface area contributed by atoms with E-state index in [0.717, 1.165) is 14.9 Å². The van der Waals surface area contributed by atoms with Crippen molar-refractivity contribution < 1.29 is 0 Å². The summed E-state index contributed by atoms with van der Waals surface area (Å²) in [6.45, 7) is 0. The monoisotopic (exact) mass is 251 g/mol. The lowest BCUT2D eigenvalue weighted by atomic mass is 10.3. The molecular formula is C11H10ClN3S. The molecule has 0 amide bonds. The summed E-state index contributed by atoms with van der Waals surface area (Å²) in [7, 11) is 0. The van der Waals surface area contributed by atoms with Crippen LogP contribution in [0, 0.1) is 0 Å². The Balaban J connectivity index is 1.88. The van der Waals surface area contributed by atoms with Gasteiger partial charge in [0.15, 0.2) is 0 Å². The fourth-order valence-corrected chi connectivity index (χ4v) is 2.44. The molecule has 1 fully saturated rings. The third-order valence-electron chi connectivity index (χ3n) is 2.39. The van der Waals surface area contributed by atoms with Gasteiger partial charge in [-0.2, -0.15) is 0 Å². The largest absolute Gasteiger partial charge is 0.351 e. The number of thiophene rings is 1. The van der Waals surface area contributed by atoms with Gasteiger partial charge in [-0.05, 0) is 31.0 Å². The molecule has 1 aliphatic rings. The molecule has 1 aliphatic carbocycles. The normalized spacial score (nSPS) is 15.1. The van der Waals surface area contributed by atoms with Crippen LogP contribution < -0.4 is 5.32 Å². The van der Waals surface area contributed by atoms with Gasteiger partial charge >= 0.3 is 0 Å². The Labute approximate surface area is 103 Å². The van der Waals surface area contributed by atoms with E-state index in [1.807, 2.05) is 18.2 Å². The van der Waals surface area contributed by atoms with Crippen LogP contribution >= 0.6 is 22.9 Å². The Bertz CT molecular complexity index is 507. The van der Waals surface area contributed by atoms with Gasteiger partial charge in [0.05, 0.1) is 14.9 Å². The number of hydrogen-bond donors (Lipinski definition) is 1. The molecule has 1 N–H and O–H groups in total. The van der Waals surface area contributed by atoms with Crippen molar-refractivity contribution >= 4 is 28.9 Å². The van der Waals surface area contributed by atoms with Crippen molar-refractivity contribution in [3.05, 3.63) is 28.7 Å². The van der Waals surface area contributed by atoms with Gasteiger partial charge in [0.25, 0.3) is 0 Å². The van der Waals surface area contributed by atoms with Gasteiger partial charge in [-0.1, -0.05) is 11.6 Å². The predicted molar refractivity (Wildman–Crippen MR) is 67.0 cm³/mol. The number of anilines is 1. The number of rotatable bonds is 3. The second-order valence-corrected chi connectivity index (χ2v) is 5.50. The van der Waals surface area contributed by atoms with E-state index in [1.54, 1.807) is 6.20 Å². The van der Waals surface area contributed by atoms with E-state index in [9.17, 15) is 0 Å². The minimum Gasteiger partial charge on any atom is -0.351 e. The van der Waals surface area contributed by atoms with Crippen molar-refractivity contribution in [3.63, 3.8) is 0 Å². The Morgan fingerprint density at radius 3 is 2.88 bits per heavy atom. The van der Waals surface area contributed by atoms with Crippen molar-refractivity contribution in [1.82, 2.24) is 9.97 Å². The summed E-state index contributed by atoms with van der Waals surface area (Å²) in [5.41, 5.74) is 0.926. The molecule has 3 rings (SSSR count). The maximum atomic E-state index is 5.90. The first-order chi connectivity index (χ1) is 7.81. The summed E-state index contributed by atoms with van der Waals surface area (Å²) in [6.07, 6.45) is 4.22. The van der Waals surface area contributed by atoms with Crippen LogP contribution in [0.15, 0.2) is 24.4 Å². The highest BCUT2D eigenvalue weighted by Gasteiger charge is 2.21. The van der Waals surface area contributed by atoms with Crippen molar-refractivity contribution in [2.45, 2.75) is 18.9 Å². The quantitative estimate of drug-likeness (QED) is 0.908. The molecule has 1 saturated carbocycles. The van der Waals surface area contributed by atoms with Crippen LogP contribution in [0.2, 0.25) is 4.34 Å². The fourth-order valence-electron chi connectivity index (χ4n) is 1.43. The lowest BCUT2D eigenvalue weighted by Gasteiger charge is -2.03. The first kappa shape index (κ1) is 10.1. The van der Waals surface area contributed by atoms with E-state index < -0.39 is 0 Å². The van der Waals surface area contributed by atoms with Gasteiger partial charge in [0.1, 0.15) is 0 Å². The minimum atomic E-state index is 0.571. The Hall–Kier alpha value is -1.13. The van der Waals surface area contributed by atoms with Crippen LogP contribution in [0.25, 0.3) is 10.6 Å². The minimum absolute atomic E-state index is 0.571. The molecule has 16 heavy (non-hydrogen) atoms.